The number of amides is 1. The Balaban J connectivity index is 2.92. The molecule has 0 aliphatic carbocycles. The van der Waals surface area contributed by atoms with Crippen LogP contribution in [0.5, 0.6) is 5.75 Å². The lowest BCUT2D eigenvalue weighted by atomic mass is 10.3. The van der Waals surface area contributed by atoms with Crippen LogP contribution in [0.1, 0.15) is 14.5 Å². The van der Waals surface area contributed by atoms with Gasteiger partial charge in [0, 0.05) is 25.0 Å². The van der Waals surface area contributed by atoms with Gasteiger partial charge in [0.1, 0.15) is 4.88 Å². The van der Waals surface area contributed by atoms with Crippen LogP contribution in [0.2, 0.25) is 0 Å². The average molecular weight is 321 g/mol. The van der Waals surface area contributed by atoms with Crippen LogP contribution in [0.15, 0.2) is 4.47 Å². The van der Waals surface area contributed by atoms with Crippen molar-refractivity contribution < 1.29 is 9.53 Å². The summed E-state index contributed by atoms with van der Waals surface area (Å²) in [5.41, 5.74) is 0. The number of carbonyl (C=O) groups is 1. The molecular formula is C11H17BrN2O2S. The maximum Gasteiger partial charge on any atom is 0.267 e. The summed E-state index contributed by atoms with van der Waals surface area (Å²) in [6.07, 6.45) is 0. The van der Waals surface area contributed by atoms with Crippen LogP contribution >= 0.6 is 27.3 Å². The lowest BCUT2D eigenvalue weighted by Gasteiger charge is -2.16. The van der Waals surface area contributed by atoms with E-state index in [9.17, 15) is 4.79 Å². The molecule has 0 saturated carbocycles. The number of hydrogen-bond acceptors (Lipinski definition) is 4. The van der Waals surface area contributed by atoms with Crippen molar-refractivity contribution in [2.75, 3.05) is 34.3 Å². The lowest BCUT2D eigenvalue weighted by molar-refractivity contribution is 0.0798. The predicted molar refractivity (Wildman–Crippen MR) is 74.2 cm³/mol. The highest BCUT2D eigenvalue weighted by molar-refractivity contribution is 9.10. The molecule has 0 aromatic carbocycles. The van der Waals surface area contributed by atoms with Gasteiger partial charge in [0.25, 0.3) is 5.91 Å². The van der Waals surface area contributed by atoms with Crippen molar-refractivity contribution in [3.63, 3.8) is 0 Å². The molecule has 0 spiro atoms. The van der Waals surface area contributed by atoms with Gasteiger partial charge < -0.3 is 15.0 Å². The first-order valence-corrected chi connectivity index (χ1v) is 6.86. The quantitative estimate of drug-likeness (QED) is 0.903. The molecule has 0 saturated heterocycles. The SMILES string of the molecule is CNCCN(C)C(=O)c1sc(C)c(Br)c1OC. The fourth-order valence-corrected chi connectivity index (χ4v) is 3.13. The third kappa shape index (κ3) is 3.20. The predicted octanol–water partition coefficient (Wildman–Crippen LogP) is 2.12. The summed E-state index contributed by atoms with van der Waals surface area (Å²) < 4.78 is 6.14. The van der Waals surface area contributed by atoms with Crippen LogP contribution < -0.4 is 10.1 Å². The van der Waals surface area contributed by atoms with E-state index in [2.05, 4.69) is 21.2 Å². The molecule has 1 aromatic rings. The molecule has 1 amide bonds. The number of hydrogen-bond donors (Lipinski definition) is 1. The summed E-state index contributed by atoms with van der Waals surface area (Å²) in [7, 11) is 5.24. The maximum atomic E-state index is 12.2. The summed E-state index contributed by atoms with van der Waals surface area (Å²) in [6.45, 7) is 3.41. The molecule has 17 heavy (non-hydrogen) atoms. The standard InChI is InChI=1S/C11H17BrN2O2S/c1-7-8(12)9(16-4)10(17-7)11(15)14(3)6-5-13-2/h13H,5-6H2,1-4H3. The molecular weight excluding hydrogens is 304 g/mol. The normalized spacial score (nSPS) is 10.4. The summed E-state index contributed by atoms with van der Waals surface area (Å²) >= 11 is 4.89. The first-order chi connectivity index (χ1) is 8.02. The van der Waals surface area contributed by atoms with E-state index in [4.69, 9.17) is 4.74 Å². The van der Waals surface area contributed by atoms with E-state index in [0.29, 0.717) is 17.2 Å². The van der Waals surface area contributed by atoms with Crippen molar-refractivity contribution in [3.05, 3.63) is 14.2 Å². The lowest BCUT2D eigenvalue weighted by Crippen LogP contribution is -2.32. The number of likely N-dealkylation sites (N-methyl/N-ethyl adjacent to an activating group) is 2. The van der Waals surface area contributed by atoms with E-state index in [-0.39, 0.29) is 5.91 Å². The third-order valence-corrected chi connectivity index (χ3v) is 4.70. The molecule has 96 valence electrons. The fourth-order valence-electron chi connectivity index (χ4n) is 1.38. The monoisotopic (exact) mass is 320 g/mol. The topological polar surface area (TPSA) is 41.6 Å². The molecule has 0 bridgehead atoms. The van der Waals surface area contributed by atoms with Crippen LogP contribution in [-0.2, 0) is 0 Å². The van der Waals surface area contributed by atoms with Gasteiger partial charge in [-0.05, 0) is 29.9 Å². The highest BCUT2D eigenvalue weighted by Crippen LogP contribution is 2.39. The van der Waals surface area contributed by atoms with Gasteiger partial charge in [-0.2, -0.15) is 0 Å². The highest BCUT2D eigenvalue weighted by atomic mass is 79.9. The minimum absolute atomic E-state index is 0.00380. The summed E-state index contributed by atoms with van der Waals surface area (Å²) in [5.74, 6) is 0.629. The molecule has 0 aliphatic heterocycles. The van der Waals surface area contributed by atoms with Crippen molar-refractivity contribution >= 4 is 33.2 Å². The molecule has 4 nitrogen and oxygen atoms in total. The zero-order chi connectivity index (χ0) is 13.0. The Labute approximate surface area is 114 Å². The molecule has 0 unspecified atom stereocenters. The Kier molecular flexibility index (Phi) is 5.42. The van der Waals surface area contributed by atoms with E-state index in [1.807, 2.05) is 14.0 Å². The number of aryl methyl sites for hydroxylation is 1. The van der Waals surface area contributed by atoms with E-state index in [1.54, 1.807) is 19.1 Å². The zero-order valence-corrected chi connectivity index (χ0v) is 12.9. The molecule has 1 rings (SSSR count). The number of carbonyl (C=O) groups excluding carboxylic acids is 1. The van der Waals surface area contributed by atoms with Crippen molar-refractivity contribution in [2.24, 2.45) is 0 Å². The molecule has 6 heteroatoms. The van der Waals surface area contributed by atoms with E-state index in [0.717, 1.165) is 15.9 Å². The number of nitrogens with zero attached hydrogens (tertiary/aromatic N) is 1. The number of nitrogens with one attached hydrogen (secondary N) is 1. The van der Waals surface area contributed by atoms with Gasteiger partial charge in [-0.3, -0.25) is 4.79 Å². The van der Waals surface area contributed by atoms with Gasteiger partial charge in [0.2, 0.25) is 0 Å². The Bertz CT molecular complexity index is 406. The largest absolute Gasteiger partial charge is 0.494 e. The first-order valence-electron chi connectivity index (χ1n) is 5.25. The Morgan fingerprint density at radius 3 is 2.76 bits per heavy atom. The van der Waals surface area contributed by atoms with Gasteiger partial charge >= 0.3 is 0 Å². The second-order valence-electron chi connectivity index (χ2n) is 3.66. The Morgan fingerprint density at radius 1 is 1.59 bits per heavy atom. The molecule has 0 aliphatic rings. The van der Waals surface area contributed by atoms with Crippen LogP contribution in [0, 0.1) is 6.92 Å². The van der Waals surface area contributed by atoms with Gasteiger partial charge in [0.05, 0.1) is 11.6 Å². The van der Waals surface area contributed by atoms with Crippen molar-refractivity contribution in [3.8, 4) is 5.75 Å². The van der Waals surface area contributed by atoms with Gasteiger partial charge in [-0.25, -0.2) is 0 Å². The Morgan fingerprint density at radius 2 is 2.24 bits per heavy atom. The van der Waals surface area contributed by atoms with Crippen molar-refractivity contribution in [1.29, 1.82) is 0 Å². The zero-order valence-electron chi connectivity index (χ0n) is 10.5. The minimum atomic E-state index is -0.00380. The van der Waals surface area contributed by atoms with Crippen LogP contribution in [0.25, 0.3) is 0 Å². The number of methoxy groups -OCH3 is 1. The highest BCUT2D eigenvalue weighted by Gasteiger charge is 2.22. The van der Waals surface area contributed by atoms with Crippen LogP contribution in [0.4, 0.5) is 0 Å². The van der Waals surface area contributed by atoms with Gasteiger partial charge in [-0.15, -0.1) is 11.3 Å². The number of ether oxygens (including phenoxy) is 1. The van der Waals surface area contributed by atoms with E-state index in [1.165, 1.54) is 11.3 Å². The molecule has 1 heterocycles. The molecule has 0 radical (unpaired) electrons. The van der Waals surface area contributed by atoms with Crippen molar-refractivity contribution in [1.82, 2.24) is 10.2 Å². The van der Waals surface area contributed by atoms with Crippen molar-refractivity contribution in [2.45, 2.75) is 6.92 Å². The maximum absolute atomic E-state index is 12.2. The van der Waals surface area contributed by atoms with E-state index < -0.39 is 0 Å². The molecule has 1 aromatic heterocycles. The van der Waals surface area contributed by atoms with Gasteiger partial charge in [-0.1, -0.05) is 0 Å². The second kappa shape index (κ2) is 6.37. The summed E-state index contributed by atoms with van der Waals surface area (Å²) in [6, 6.07) is 0. The van der Waals surface area contributed by atoms with E-state index >= 15 is 0 Å². The average Bonchev–Trinajstić information content (AvgIpc) is 2.61. The van der Waals surface area contributed by atoms with Crippen LogP contribution in [0.3, 0.4) is 0 Å². The molecule has 1 N–H and O–H groups in total. The number of halogens is 1. The summed E-state index contributed by atoms with van der Waals surface area (Å²) in [5, 5.41) is 3.02. The number of rotatable bonds is 5. The Hall–Kier alpha value is -0.590. The first kappa shape index (κ1) is 14.5. The van der Waals surface area contributed by atoms with Gasteiger partial charge in [0.15, 0.2) is 5.75 Å². The molecule has 0 atom stereocenters. The van der Waals surface area contributed by atoms with Crippen LogP contribution in [-0.4, -0.2) is 45.1 Å². The fraction of sp³-hybridized carbons (Fsp3) is 0.545. The smallest absolute Gasteiger partial charge is 0.267 e. The molecule has 0 fully saturated rings. The number of thiophene rings is 1. The summed E-state index contributed by atoms with van der Waals surface area (Å²) in [4.78, 5) is 15.6. The third-order valence-electron chi connectivity index (χ3n) is 2.41. The second-order valence-corrected chi connectivity index (χ2v) is 5.68. The minimum Gasteiger partial charge on any atom is -0.494 e.